The van der Waals surface area contributed by atoms with E-state index in [0.717, 1.165) is 12.8 Å². The van der Waals surface area contributed by atoms with Crippen LogP contribution in [0.15, 0.2) is 108 Å². The van der Waals surface area contributed by atoms with E-state index in [0.29, 0.717) is 12.0 Å². The first-order valence-corrected chi connectivity index (χ1v) is 12.1. The van der Waals surface area contributed by atoms with Crippen LogP contribution in [0, 0.1) is 19.4 Å². The first-order chi connectivity index (χ1) is 15.4. The summed E-state index contributed by atoms with van der Waals surface area (Å²) in [5.41, 5.74) is 13.5. The van der Waals surface area contributed by atoms with Gasteiger partial charge in [0.05, 0.1) is 0 Å². The SMILES string of the molecule is CC1=[C-]C(C)C(C)=C1C.[CH3-].[Hf].[NH-]C1CC1.[SiH2]c1ccccc1.c1ccc(-c2ccccc2)cc1. The molecule has 0 aromatic heterocycles. The summed E-state index contributed by atoms with van der Waals surface area (Å²) in [5, 5.41) is 1.35. The predicted octanol–water partition coefficient (Wildman–Crippen LogP) is 7.67. The van der Waals surface area contributed by atoms with Crippen molar-refractivity contribution in [3.8, 4) is 11.1 Å². The summed E-state index contributed by atoms with van der Waals surface area (Å²) in [7, 11) is 1.90. The van der Waals surface area contributed by atoms with Crippen LogP contribution >= 0.6 is 0 Å². The average molecular weight is 632 g/mol. The number of allylic oxidation sites excluding steroid dienone is 4. The van der Waals surface area contributed by atoms with Gasteiger partial charge in [-0.25, -0.2) is 5.57 Å². The number of nitrogens with one attached hydrogen (secondary N) is 1. The molecule has 2 aliphatic rings. The minimum atomic E-state index is 0. The van der Waals surface area contributed by atoms with Crippen LogP contribution in [0.25, 0.3) is 16.9 Å². The fourth-order valence-electron chi connectivity index (χ4n) is 2.98. The van der Waals surface area contributed by atoms with E-state index in [2.05, 4.69) is 94.4 Å². The molecule has 34 heavy (non-hydrogen) atoms. The molecule has 1 radical (unpaired) electrons. The molecule has 1 atom stereocenters. The molecule has 1 fully saturated rings. The molecule has 1 unspecified atom stereocenters. The van der Waals surface area contributed by atoms with Crippen molar-refractivity contribution >= 4 is 15.4 Å². The van der Waals surface area contributed by atoms with Gasteiger partial charge in [0.2, 0.25) is 0 Å². The molecule has 3 heteroatoms. The maximum absolute atomic E-state index is 6.69. The molecule has 2 aliphatic carbocycles. The first-order valence-electron chi connectivity index (χ1n) is 11.3. The maximum atomic E-state index is 6.69. The quantitative estimate of drug-likeness (QED) is 0.194. The Hall–Kier alpha value is -1.81. The van der Waals surface area contributed by atoms with E-state index in [1.165, 1.54) is 33.0 Å². The van der Waals surface area contributed by atoms with Crippen molar-refractivity contribution in [2.75, 3.05) is 0 Å². The van der Waals surface area contributed by atoms with Gasteiger partial charge in [0.1, 0.15) is 0 Å². The minimum absolute atomic E-state index is 0. The van der Waals surface area contributed by atoms with Crippen LogP contribution < -0.4 is 5.19 Å². The summed E-state index contributed by atoms with van der Waals surface area (Å²) >= 11 is 0. The molecule has 1 saturated carbocycles. The van der Waals surface area contributed by atoms with Crippen LogP contribution in [-0.4, -0.2) is 16.3 Å². The summed E-state index contributed by atoms with van der Waals surface area (Å²) in [6.07, 6.45) is 5.66. The molecular formula is C31H39HfNSi-3. The molecule has 0 aliphatic heterocycles. The summed E-state index contributed by atoms with van der Waals surface area (Å²) in [6, 6.07) is 31.4. The fourth-order valence-corrected chi connectivity index (χ4v) is 3.26. The molecule has 0 amide bonds. The van der Waals surface area contributed by atoms with E-state index < -0.39 is 0 Å². The molecule has 0 bridgehead atoms. The Labute approximate surface area is 230 Å². The van der Waals surface area contributed by atoms with E-state index in [9.17, 15) is 0 Å². The Morgan fingerprint density at radius 3 is 1.26 bits per heavy atom. The molecule has 1 N–H and O–H groups in total. The third-order valence-corrected chi connectivity index (χ3v) is 6.01. The van der Waals surface area contributed by atoms with Crippen molar-refractivity contribution < 1.29 is 25.8 Å². The zero-order valence-corrected chi connectivity index (χ0v) is 26.4. The monoisotopic (exact) mass is 633 g/mol. The summed E-state index contributed by atoms with van der Waals surface area (Å²) < 4.78 is 0. The Kier molecular flexibility index (Phi) is 16.7. The van der Waals surface area contributed by atoms with Crippen LogP contribution in [0.2, 0.25) is 0 Å². The molecule has 5 rings (SSSR count). The van der Waals surface area contributed by atoms with Crippen LogP contribution in [0.3, 0.4) is 0 Å². The Balaban J connectivity index is 0.000000443. The summed E-state index contributed by atoms with van der Waals surface area (Å²) in [6.45, 7) is 8.67. The molecular weight excluding hydrogens is 593 g/mol. The van der Waals surface area contributed by atoms with Crippen molar-refractivity contribution in [2.24, 2.45) is 5.92 Å². The van der Waals surface area contributed by atoms with Gasteiger partial charge in [0.15, 0.2) is 0 Å². The Bertz CT molecular complexity index is 940. The zero-order chi connectivity index (χ0) is 23.3. The maximum Gasteiger partial charge on any atom is 0.0477 e. The number of hydrogen-bond donors (Lipinski definition) is 0. The van der Waals surface area contributed by atoms with Gasteiger partial charge in [-0.1, -0.05) is 136 Å². The standard InChI is InChI=1S/C12H10.C9H13.C6H7Si.C3H6N.CH3.Hf/c1-3-7-11(8-4-1)12-9-5-2-6-10-12;1-6-5-7(2)9(4)8(6)3;7-6-4-2-1-3-5-6;4-3-1-2-3;;/h1-10H;6H,1-4H3;1-5H,7H2;3-4H,1-2H2;1H3;/q;-1;;2*-1;. The van der Waals surface area contributed by atoms with Crippen molar-refractivity contribution in [3.63, 3.8) is 0 Å². The van der Waals surface area contributed by atoms with Crippen molar-refractivity contribution in [3.05, 3.63) is 127 Å². The first kappa shape index (κ1) is 32.2. The number of hydrogen-bond acceptors (Lipinski definition) is 0. The third kappa shape index (κ3) is 12.6. The van der Waals surface area contributed by atoms with Gasteiger partial charge in [-0.2, -0.15) is 11.1 Å². The van der Waals surface area contributed by atoms with E-state index >= 15 is 0 Å². The largest absolute Gasteiger partial charge is 0.675 e. The van der Waals surface area contributed by atoms with E-state index in [4.69, 9.17) is 5.73 Å². The second-order valence-corrected chi connectivity index (χ2v) is 9.11. The molecule has 0 saturated heterocycles. The normalized spacial score (nSPS) is 15.5. The predicted molar refractivity (Wildman–Crippen MR) is 150 cm³/mol. The van der Waals surface area contributed by atoms with Crippen molar-refractivity contribution in [2.45, 2.75) is 46.6 Å². The number of benzene rings is 3. The second kappa shape index (κ2) is 17.6. The number of rotatable bonds is 1. The summed E-state index contributed by atoms with van der Waals surface area (Å²) in [5.74, 6) is 0.560. The van der Waals surface area contributed by atoms with Crippen LogP contribution in [0.4, 0.5) is 0 Å². The van der Waals surface area contributed by atoms with Crippen molar-refractivity contribution in [1.29, 1.82) is 0 Å². The smallest absolute Gasteiger partial charge is 0.0477 e. The second-order valence-electron chi connectivity index (χ2n) is 8.29. The molecule has 0 spiro atoms. The van der Waals surface area contributed by atoms with Gasteiger partial charge in [0.25, 0.3) is 0 Å². The molecule has 1 nitrogen and oxygen atoms in total. The topological polar surface area (TPSA) is 23.8 Å². The Morgan fingerprint density at radius 2 is 1.09 bits per heavy atom. The van der Waals surface area contributed by atoms with Gasteiger partial charge in [-0.05, 0) is 11.1 Å². The van der Waals surface area contributed by atoms with E-state index in [1.54, 1.807) is 0 Å². The molecule has 3 aromatic rings. The van der Waals surface area contributed by atoms with Crippen LogP contribution in [0.1, 0.15) is 40.5 Å². The van der Waals surface area contributed by atoms with Gasteiger partial charge in [0, 0.05) is 36.1 Å². The summed E-state index contributed by atoms with van der Waals surface area (Å²) in [4.78, 5) is 0. The third-order valence-electron chi connectivity index (χ3n) is 5.54. The minimum Gasteiger partial charge on any atom is -0.675 e. The fraction of sp³-hybridized carbons (Fsp3) is 0.258. The van der Waals surface area contributed by atoms with Crippen molar-refractivity contribution in [1.82, 2.24) is 0 Å². The zero-order valence-electron chi connectivity index (χ0n) is 21.4. The van der Waals surface area contributed by atoms with Gasteiger partial charge >= 0.3 is 0 Å². The Morgan fingerprint density at radius 1 is 0.735 bits per heavy atom. The molecule has 3 aromatic carbocycles. The van der Waals surface area contributed by atoms with E-state index in [1.807, 2.05) is 40.6 Å². The van der Waals surface area contributed by atoms with Gasteiger partial charge < -0.3 is 13.2 Å². The van der Waals surface area contributed by atoms with Gasteiger partial charge in [-0.3, -0.25) is 6.08 Å². The molecule has 179 valence electrons. The van der Waals surface area contributed by atoms with Crippen LogP contribution in [0.5, 0.6) is 0 Å². The average Bonchev–Trinajstić information content (AvgIpc) is 3.58. The van der Waals surface area contributed by atoms with E-state index in [-0.39, 0.29) is 33.3 Å². The van der Waals surface area contributed by atoms with Crippen LogP contribution in [-0.2, 0) is 25.8 Å². The molecule has 0 heterocycles. The van der Waals surface area contributed by atoms with Gasteiger partial charge in [-0.15, -0.1) is 13.0 Å².